The summed E-state index contributed by atoms with van der Waals surface area (Å²) in [6.07, 6.45) is 1.71. The van der Waals surface area contributed by atoms with Gasteiger partial charge in [0.05, 0.1) is 10.9 Å². The van der Waals surface area contributed by atoms with Crippen molar-refractivity contribution in [3.63, 3.8) is 0 Å². The smallest absolute Gasteiger partial charge is 0.263 e. The molecule has 4 rings (SSSR count). The predicted octanol–water partition coefficient (Wildman–Crippen LogP) is 1.80. The predicted molar refractivity (Wildman–Crippen MR) is 100 cm³/mol. The molecule has 7 nitrogen and oxygen atoms in total. The zero-order chi connectivity index (χ0) is 18.3. The van der Waals surface area contributed by atoms with Crippen LogP contribution >= 0.6 is 0 Å². The number of aryl methyl sites for hydroxylation is 2. The van der Waals surface area contributed by atoms with E-state index in [2.05, 4.69) is 19.6 Å². The van der Waals surface area contributed by atoms with Gasteiger partial charge in [0.25, 0.3) is 10.0 Å². The average Bonchev–Trinajstić information content (AvgIpc) is 2.86. The molecule has 0 atom stereocenters. The van der Waals surface area contributed by atoms with Crippen LogP contribution in [-0.2, 0) is 10.0 Å². The van der Waals surface area contributed by atoms with Crippen molar-refractivity contribution < 1.29 is 8.42 Å². The molecule has 1 aromatic heterocycles. The van der Waals surface area contributed by atoms with Crippen molar-refractivity contribution in [2.75, 3.05) is 18.0 Å². The van der Waals surface area contributed by atoms with Crippen molar-refractivity contribution in [2.24, 2.45) is 4.99 Å². The molecule has 0 bridgehead atoms. The van der Waals surface area contributed by atoms with Gasteiger partial charge in [-0.25, -0.2) is 18.4 Å². The van der Waals surface area contributed by atoms with E-state index in [-0.39, 0.29) is 6.04 Å². The van der Waals surface area contributed by atoms with Crippen LogP contribution < -0.4 is 9.62 Å². The van der Waals surface area contributed by atoms with Gasteiger partial charge < -0.3 is 4.90 Å². The third-order valence-corrected chi connectivity index (χ3v) is 6.11. The number of nitrogens with zero attached hydrogens (tertiary/aromatic N) is 4. The molecule has 0 unspecified atom stereocenters. The largest absolute Gasteiger partial charge is 0.356 e. The van der Waals surface area contributed by atoms with Crippen molar-refractivity contribution in [1.29, 1.82) is 0 Å². The van der Waals surface area contributed by atoms with E-state index in [1.807, 2.05) is 26.0 Å². The number of hydrogen-bond donors (Lipinski definition) is 1. The Morgan fingerprint density at radius 3 is 2.62 bits per heavy atom. The van der Waals surface area contributed by atoms with Crippen molar-refractivity contribution >= 4 is 21.7 Å². The number of rotatable bonds is 2. The Morgan fingerprint density at radius 2 is 1.88 bits per heavy atom. The molecular formula is C18H21N5O2S. The van der Waals surface area contributed by atoms with E-state index in [4.69, 9.17) is 4.99 Å². The highest BCUT2D eigenvalue weighted by Crippen LogP contribution is 2.25. The van der Waals surface area contributed by atoms with Crippen LogP contribution in [0.5, 0.6) is 0 Å². The lowest BCUT2D eigenvalue weighted by atomic mass is 10.1. The number of piperidine rings is 1. The molecule has 136 valence electrons. The maximum absolute atomic E-state index is 12.2. The minimum atomic E-state index is -3.48. The lowest BCUT2D eigenvalue weighted by Gasteiger charge is -2.31. The molecule has 0 spiro atoms. The van der Waals surface area contributed by atoms with Crippen molar-refractivity contribution in [1.82, 2.24) is 14.7 Å². The molecule has 8 heteroatoms. The van der Waals surface area contributed by atoms with E-state index in [1.165, 1.54) is 0 Å². The molecule has 1 aromatic carbocycles. The SMILES string of the molecule is Cc1cc(N2CCC(N=C3NS(=O)(=O)c4ccccc43)CC2)nc(C)n1. The van der Waals surface area contributed by atoms with Gasteiger partial charge in [0.15, 0.2) is 0 Å². The third kappa shape index (κ3) is 3.16. The molecule has 2 aliphatic heterocycles. The first-order chi connectivity index (χ1) is 12.4. The number of anilines is 1. The van der Waals surface area contributed by atoms with Gasteiger partial charge in [0.1, 0.15) is 17.5 Å². The fourth-order valence-corrected chi connectivity index (χ4v) is 4.73. The minimum absolute atomic E-state index is 0.0964. The zero-order valence-electron chi connectivity index (χ0n) is 14.8. The van der Waals surface area contributed by atoms with Gasteiger partial charge in [-0.15, -0.1) is 0 Å². The number of fused-ring (bicyclic) bond motifs is 1. The highest BCUT2D eigenvalue weighted by atomic mass is 32.2. The summed E-state index contributed by atoms with van der Waals surface area (Å²) in [6, 6.07) is 9.07. The molecule has 0 aliphatic carbocycles. The van der Waals surface area contributed by atoms with Crippen molar-refractivity contribution in [3.05, 3.63) is 47.4 Å². The molecular weight excluding hydrogens is 350 g/mol. The van der Waals surface area contributed by atoms with Crippen LogP contribution in [-0.4, -0.2) is 43.4 Å². The summed E-state index contributed by atoms with van der Waals surface area (Å²) in [5.41, 5.74) is 1.63. The summed E-state index contributed by atoms with van der Waals surface area (Å²) < 4.78 is 27.0. The number of nitrogens with one attached hydrogen (secondary N) is 1. The van der Waals surface area contributed by atoms with E-state index in [0.717, 1.165) is 43.3 Å². The summed E-state index contributed by atoms with van der Waals surface area (Å²) in [6.45, 7) is 5.55. The van der Waals surface area contributed by atoms with E-state index in [1.54, 1.807) is 18.2 Å². The quantitative estimate of drug-likeness (QED) is 0.870. The van der Waals surface area contributed by atoms with Crippen molar-refractivity contribution in [2.45, 2.75) is 37.6 Å². The van der Waals surface area contributed by atoms with Crippen LogP contribution in [0.2, 0.25) is 0 Å². The normalized spacial score (nSPS) is 20.8. The summed E-state index contributed by atoms with van der Waals surface area (Å²) in [4.78, 5) is 16.1. The topological polar surface area (TPSA) is 87.5 Å². The van der Waals surface area contributed by atoms with Gasteiger partial charge >= 0.3 is 0 Å². The van der Waals surface area contributed by atoms with Crippen LogP contribution in [0.1, 0.15) is 29.9 Å². The molecule has 3 heterocycles. The van der Waals surface area contributed by atoms with Crippen LogP contribution in [0.25, 0.3) is 0 Å². The Labute approximate surface area is 153 Å². The molecule has 26 heavy (non-hydrogen) atoms. The van der Waals surface area contributed by atoms with E-state index in [0.29, 0.717) is 16.3 Å². The molecule has 0 saturated carbocycles. The Bertz CT molecular complexity index is 959. The maximum Gasteiger partial charge on any atom is 0.263 e. The maximum atomic E-state index is 12.2. The minimum Gasteiger partial charge on any atom is -0.356 e. The summed E-state index contributed by atoms with van der Waals surface area (Å²) >= 11 is 0. The van der Waals surface area contributed by atoms with E-state index >= 15 is 0 Å². The number of aromatic nitrogens is 2. The molecule has 0 radical (unpaired) electrons. The second-order valence-electron chi connectivity index (χ2n) is 6.71. The molecule has 1 N–H and O–H groups in total. The number of aliphatic imine (C=N–C) groups is 1. The molecule has 0 amide bonds. The van der Waals surface area contributed by atoms with Crippen LogP contribution in [0, 0.1) is 13.8 Å². The monoisotopic (exact) mass is 371 g/mol. The second kappa shape index (κ2) is 6.35. The summed E-state index contributed by atoms with van der Waals surface area (Å²) in [5.74, 6) is 2.19. The first kappa shape index (κ1) is 17.0. The van der Waals surface area contributed by atoms with Crippen LogP contribution in [0.4, 0.5) is 5.82 Å². The van der Waals surface area contributed by atoms with Gasteiger partial charge in [-0.05, 0) is 38.8 Å². The van der Waals surface area contributed by atoms with Gasteiger partial charge in [0, 0.05) is 30.4 Å². The highest BCUT2D eigenvalue weighted by molar-refractivity contribution is 7.90. The van der Waals surface area contributed by atoms with Crippen molar-refractivity contribution in [3.8, 4) is 0 Å². The highest BCUT2D eigenvalue weighted by Gasteiger charge is 2.31. The fraction of sp³-hybridized carbons (Fsp3) is 0.389. The second-order valence-corrected chi connectivity index (χ2v) is 8.36. The standard InChI is InChI=1S/C18H21N5O2S/c1-12-11-17(20-13(2)19-12)23-9-7-14(8-10-23)21-18-15-5-3-4-6-16(15)26(24,25)22-18/h3-6,11,14H,7-10H2,1-2H3,(H,21,22). The van der Waals surface area contributed by atoms with Gasteiger partial charge in [-0.1, -0.05) is 12.1 Å². The first-order valence-corrected chi connectivity index (χ1v) is 10.2. The Kier molecular flexibility index (Phi) is 4.14. The molecule has 1 fully saturated rings. The van der Waals surface area contributed by atoms with Gasteiger partial charge in [-0.3, -0.25) is 9.71 Å². The third-order valence-electron chi connectivity index (χ3n) is 4.72. The number of sulfonamides is 1. The Morgan fingerprint density at radius 1 is 1.15 bits per heavy atom. The first-order valence-electron chi connectivity index (χ1n) is 8.70. The summed E-state index contributed by atoms with van der Waals surface area (Å²) in [5, 5.41) is 0. The van der Waals surface area contributed by atoms with Gasteiger partial charge in [-0.2, -0.15) is 0 Å². The summed E-state index contributed by atoms with van der Waals surface area (Å²) in [7, 11) is -3.48. The molecule has 2 aliphatic rings. The molecule has 2 aromatic rings. The van der Waals surface area contributed by atoms with Crippen LogP contribution in [0.15, 0.2) is 40.2 Å². The Balaban J connectivity index is 1.50. The number of hydrogen-bond acceptors (Lipinski definition) is 6. The Hall–Kier alpha value is -2.48. The van der Waals surface area contributed by atoms with Gasteiger partial charge in [0.2, 0.25) is 0 Å². The molecule has 1 saturated heterocycles. The van der Waals surface area contributed by atoms with E-state index < -0.39 is 10.0 Å². The number of benzene rings is 1. The van der Waals surface area contributed by atoms with E-state index in [9.17, 15) is 8.42 Å². The lowest BCUT2D eigenvalue weighted by Crippen LogP contribution is -2.37. The lowest BCUT2D eigenvalue weighted by molar-refractivity contribution is 0.499. The zero-order valence-corrected chi connectivity index (χ0v) is 15.6. The average molecular weight is 371 g/mol. The van der Waals surface area contributed by atoms with Crippen LogP contribution in [0.3, 0.4) is 0 Å². The fourth-order valence-electron chi connectivity index (χ4n) is 3.50. The number of amidine groups is 1.